The van der Waals surface area contributed by atoms with Crippen molar-refractivity contribution in [1.29, 1.82) is 0 Å². The van der Waals surface area contributed by atoms with Gasteiger partial charge in [-0.25, -0.2) is 18.0 Å². The molecule has 4 unspecified atom stereocenters. The molecule has 4 aliphatic carbocycles. The number of hydrogen-bond acceptors (Lipinski definition) is 7. The second-order valence-corrected chi connectivity index (χ2v) is 12.0. The van der Waals surface area contributed by atoms with Gasteiger partial charge in [0.15, 0.2) is 17.1 Å². The predicted octanol–water partition coefficient (Wildman–Crippen LogP) is 4.93. The summed E-state index contributed by atoms with van der Waals surface area (Å²) in [4.78, 5) is 38.7. The number of hydrogen-bond donors (Lipinski definition) is 1. The molecule has 5 rings (SSSR count). The molecule has 0 radical (unpaired) electrons. The van der Waals surface area contributed by atoms with Gasteiger partial charge >= 0.3 is 5.97 Å². The lowest BCUT2D eigenvalue weighted by Crippen LogP contribution is -2.70. The number of aliphatic hydroxyl groups excluding tert-OH is 1. The Morgan fingerprint density at radius 3 is 2.65 bits per heavy atom. The van der Waals surface area contributed by atoms with Gasteiger partial charge in [0, 0.05) is 22.7 Å². The standard InChI is InChI=1S/C27H29F3O6S/c1-14-9-16-17-11-19(29)18-10-15(31)6-7-24(18,2)26(17,30)21(32)12-25(16,3)27(14,23(34)37-13-28)36-22(33)20-5-4-8-35-20/h4-8,10,14,16-17,19,21,32H,9,11-13H2,1-3H3/t14-,16+,17?,19+,21?,24?,25?,26+,27+/m1/s1. The molecule has 1 aromatic rings. The summed E-state index contributed by atoms with van der Waals surface area (Å²) in [5.41, 5.74) is -7.19. The number of ketones is 1. The van der Waals surface area contributed by atoms with Crippen molar-refractivity contribution in [2.24, 2.45) is 28.6 Å². The first kappa shape index (κ1) is 26.3. The summed E-state index contributed by atoms with van der Waals surface area (Å²) in [5, 5.41) is 10.7. The molecule has 1 heterocycles. The summed E-state index contributed by atoms with van der Waals surface area (Å²) in [5.74, 6) is -3.98. The number of furan rings is 1. The molecule has 0 aliphatic heterocycles. The van der Waals surface area contributed by atoms with Gasteiger partial charge in [-0.1, -0.05) is 19.9 Å². The molecule has 0 amide bonds. The van der Waals surface area contributed by atoms with Crippen LogP contribution in [0.1, 0.15) is 50.6 Å². The van der Waals surface area contributed by atoms with Crippen molar-refractivity contribution >= 4 is 28.6 Å². The van der Waals surface area contributed by atoms with Gasteiger partial charge in [0.05, 0.1) is 12.4 Å². The van der Waals surface area contributed by atoms with Crippen LogP contribution in [0.3, 0.4) is 0 Å². The van der Waals surface area contributed by atoms with Crippen molar-refractivity contribution in [3.05, 3.63) is 48.0 Å². The molecule has 1 N–H and O–H groups in total. The molecule has 9 atom stereocenters. The van der Waals surface area contributed by atoms with Gasteiger partial charge < -0.3 is 14.3 Å². The first-order valence-corrected chi connectivity index (χ1v) is 13.3. The van der Waals surface area contributed by atoms with Crippen molar-refractivity contribution in [3.63, 3.8) is 0 Å². The van der Waals surface area contributed by atoms with Crippen LogP contribution in [0.25, 0.3) is 0 Å². The average Bonchev–Trinajstić information content (AvgIpc) is 3.45. The van der Waals surface area contributed by atoms with Crippen LogP contribution in [0.2, 0.25) is 0 Å². The summed E-state index contributed by atoms with van der Waals surface area (Å²) >= 11 is 0.352. The third kappa shape index (κ3) is 3.27. The molecule has 1 aromatic heterocycles. The van der Waals surface area contributed by atoms with Crippen molar-refractivity contribution in [3.8, 4) is 0 Å². The average molecular weight is 539 g/mol. The zero-order valence-electron chi connectivity index (χ0n) is 20.7. The lowest BCUT2D eigenvalue weighted by Gasteiger charge is -2.63. The highest BCUT2D eigenvalue weighted by Crippen LogP contribution is 2.72. The van der Waals surface area contributed by atoms with Gasteiger partial charge in [-0.3, -0.25) is 9.59 Å². The van der Waals surface area contributed by atoms with E-state index in [-0.39, 0.29) is 30.6 Å². The van der Waals surface area contributed by atoms with Crippen LogP contribution >= 0.6 is 11.8 Å². The Morgan fingerprint density at radius 1 is 1.27 bits per heavy atom. The van der Waals surface area contributed by atoms with Crippen molar-refractivity contribution in [1.82, 2.24) is 0 Å². The molecule has 0 aromatic carbocycles. The third-order valence-corrected chi connectivity index (χ3v) is 10.3. The minimum absolute atomic E-state index is 0.00739. The molecule has 0 bridgehead atoms. The molecule has 200 valence electrons. The summed E-state index contributed by atoms with van der Waals surface area (Å²) < 4.78 is 57.5. The number of rotatable bonds is 4. The van der Waals surface area contributed by atoms with Gasteiger partial charge in [-0.15, -0.1) is 0 Å². The lowest BCUT2D eigenvalue weighted by atomic mass is 9.44. The van der Waals surface area contributed by atoms with Crippen LogP contribution in [-0.4, -0.2) is 51.5 Å². The molecule has 6 nitrogen and oxygen atoms in total. The SMILES string of the molecule is C[C@@H]1C[C@H]2C3C[C@H](F)C4=CC(=O)C=CC4(C)[C@@]3(F)C(O)CC2(C)[C@@]1(OC(=O)c1ccco1)C(=O)SCF. The maximum Gasteiger partial charge on any atom is 0.375 e. The molecule has 37 heavy (non-hydrogen) atoms. The van der Waals surface area contributed by atoms with Crippen LogP contribution in [0.4, 0.5) is 13.2 Å². The van der Waals surface area contributed by atoms with Crippen molar-refractivity contribution in [2.75, 3.05) is 6.01 Å². The fraction of sp³-hybridized carbons (Fsp3) is 0.593. The number of esters is 1. The highest BCUT2D eigenvalue weighted by atomic mass is 32.2. The highest BCUT2D eigenvalue weighted by molar-refractivity contribution is 8.13. The molecule has 0 saturated heterocycles. The Morgan fingerprint density at radius 2 is 2.00 bits per heavy atom. The van der Waals surface area contributed by atoms with E-state index in [1.807, 2.05) is 0 Å². The number of aliphatic hydroxyl groups is 1. The van der Waals surface area contributed by atoms with Gasteiger partial charge in [0.1, 0.15) is 12.2 Å². The fourth-order valence-electron chi connectivity index (χ4n) is 7.97. The fourth-order valence-corrected chi connectivity index (χ4v) is 8.76. The normalized spacial score (nSPS) is 44.5. The Bertz CT molecular complexity index is 1200. The molecule has 3 saturated carbocycles. The summed E-state index contributed by atoms with van der Waals surface area (Å²) in [7, 11) is 0. The minimum atomic E-state index is -2.35. The molecule has 4 aliphatic rings. The molecule has 3 fully saturated rings. The van der Waals surface area contributed by atoms with E-state index in [1.54, 1.807) is 13.8 Å². The first-order chi connectivity index (χ1) is 17.4. The number of thioether (sulfide) groups is 1. The van der Waals surface area contributed by atoms with E-state index in [9.17, 15) is 23.9 Å². The van der Waals surface area contributed by atoms with Gasteiger partial charge in [0.2, 0.25) is 10.9 Å². The zero-order chi connectivity index (χ0) is 27.0. The Hall–Kier alpha value is -2.33. The number of halogens is 3. The predicted molar refractivity (Wildman–Crippen MR) is 129 cm³/mol. The molecular weight excluding hydrogens is 509 g/mol. The smallest absolute Gasteiger partial charge is 0.375 e. The maximum atomic E-state index is 17.4. The largest absolute Gasteiger partial charge is 0.457 e. The summed E-state index contributed by atoms with van der Waals surface area (Å²) in [6.07, 6.45) is 1.16. The Balaban J connectivity index is 1.64. The Kier molecular flexibility index (Phi) is 6.10. The first-order valence-electron chi connectivity index (χ1n) is 12.3. The number of carbonyl (C=O) groups is 3. The van der Waals surface area contributed by atoms with Crippen LogP contribution in [0.5, 0.6) is 0 Å². The van der Waals surface area contributed by atoms with E-state index in [2.05, 4.69) is 0 Å². The van der Waals surface area contributed by atoms with Crippen LogP contribution < -0.4 is 0 Å². The van der Waals surface area contributed by atoms with E-state index >= 15 is 8.78 Å². The maximum absolute atomic E-state index is 17.4. The van der Waals surface area contributed by atoms with Crippen molar-refractivity contribution < 1.29 is 41.8 Å². The number of fused-ring (bicyclic) bond motifs is 5. The van der Waals surface area contributed by atoms with E-state index in [4.69, 9.17) is 9.15 Å². The van der Waals surface area contributed by atoms with Crippen LogP contribution in [-0.2, 0) is 14.3 Å². The topological polar surface area (TPSA) is 93.8 Å². The van der Waals surface area contributed by atoms with E-state index < -0.39 is 75.0 Å². The molecule has 10 heteroatoms. The second-order valence-electron chi connectivity index (χ2n) is 11.1. The van der Waals surface area contributed by atoms with Gasteiger partial charge in [-0.05, 0) is 73.7 Å². The highest BCUT2D eigenvalue weighted by Gasteiger charge is 2.78. The molecule has 0 spiro atoms. The summed E-state index contributed by atoms with van der Waals surface area (Å²) in [6.45, 7) is 4.79. The number of ether oxygens (including phenoxy) is 1. The van der Waals surface area contributed by atoms with Gasteiger partial charge in [0.25, 0.3) is 0 Å². The number of carbonyl (C=O) groups excluding carboxylic acids is 3. The minimum Gasteiger partial charge on any atom is -0.457 e. The number of allylic oxidation sites excluding steroid dienone is 4. The van der Waals surface area contributed by atoms with E-state index in [0.29, 0.717) is 11.8 Å². The monoisotopic (exact) mass is 538 g/mol. The second kappa shape index (κ2) is 8.59. The lowest BCUT2D eigenvalue weighted by molar-refractivity contribution is -0.221. The van der Waals surface area contributed by atoms with Crippen molar-refractivity contribution in [2.45, 2.75) is 63.6 Å². The van der Waals surface area contributed by atoms with Gasteiger partial charge in [-0.2, -0.15) is 0 Å². The van der Waals surface area contributed by atoms with E-state index in [0.717, 1.165) is 6.08 Å². The third-order valence-electron chi connectivity index (χ3n) is 9.63. The van der Waals surface area contributed by atoms with Crippen LogP contribution in [0.15, 0.2) is 46.6 Å². The Labute approximate surface area is 216 Å². The quantitative estimate of drug-likeness (QED) is 0.544. The number of alkyl halides is 3. The zero-order valence-corrected chi connectivity index (χ0v) is 21.5. The summed E-state index contributed by atoms with van der Waals surface area (Å²) in [6, 6.07) is 1.78. The van der Waals surface area contributed by atoms with Crippen LogP contribution in [0, 0.1) is 28.6 Å². The molecular formula is C27H29F3O6S. The van der Waals surface area contributed by atoms with E-state index in [1.165, 1.54) is 37.5 Å².